The van der Waals surface area contributed by atoms with Crippen LogP contribution in [0.3, 0.4) is 0 Å². The molecule has 34 heavy (non-hydrogen) atoms. The average Bonchev–Trinajstić information content (AvgIpc) is 3.25. The molecule has 0 unspecified atom stereocenters. The van der Waals surface area contributed by atoms with Gasteiger partial charge in [-0.1, -0.05) is 17.3 Å². The Balaban J connectivity index is 1.66. The van der Waals surface area contributed by atoms with Crippen LogP contribution in [0.5, 0.6) is 5.75 Å². The minimum Gasteiger partial charge on any atom is -0.491 e. The van der Waals surface area contributed by atoms with Crippen molar-refractivity contribution in [3.05, 3.63) is 64.3 Å². The van der Waals surface area contributed by atoms with Gasteiger partial charge in [0.1, 0.15) is 18.2 Å². The second-order valence-electron chi connectivity index (χ2n) is 6.87. The van der Waals surface area contributed by atoms with E-state index < -0.39 is 37.3 Å². The van der Waals surface area contributed by atoms with Crippen LogP contribution in [0, 0.1) is 15.9 Å². The first-order valence-corrected chi connectivity index (χ1v) is 11.4. The number of benzene rings is 2. The van der Waals surface area contributed by atoms with Gasteiger partial charge in [-0.3, -0.25) is 14.9 Å². The number of nitrogens with one attached hydrogen (secondary N) is 1. The Hall–Kier alpha value is -3.91. The van der Waals surface area contributed by atoms with Crippen molar-refractivity contribution in [2.45, 2.75) is 24.2 Å². The molecule has 0 aliphatic carbocycles. The first-order valence-electron chi connectivity index (χ1n) is 9.87. The third-order valence-electron chi connectivity index (χ3n) is 4.44. The third-order valence-corrected chi connectivity index (χ3v) is 5.95. The zero-order chi connectivity index (χ0) is 24.7. The summed E-state index contributed by atoms with van der Waals surface area (Å²) >= 11 is 0. The quantitative estimate of drug-likeness (QED) is 0.216. The maximum atomic E-state index is 13.8. The molecule has 12 nitrogen and oxygen atoms in total. The maximum Gasteiger partial charge on any atom is 0.303 e. The number of rotatable bonds is 12. The largest absolute Gasteiger partial charge is 0.491 e. The highest BCUT2D eigenvalue weighted by Crippen LogP contribution is 2.29. The molecule has 3 aromatic rings. The Morgan fingerprint density at radius 3 is 2.76 bits per heavy atom. The van der Waals surface area contributed by atoms with E-state index in [2.05, 4.69) is 14.9 Å². The number of carboxylic acids is 1. The van der Waals surface area contributed by atoms with Crippen molar-refractivity contribution in [2.75, 3.05) is 13.2 Å². The van der Waals surface area contributed by atoms with Gasteiger partial charge in [0.15, 0.2) is 4.90 Å². The number of hydrogen-bond donors (Lipinski definition) is 2. The molecule has 3 rings (SSSR count). The van der Waals surface area contributed by atoms with E-state index in [1.807, 2.05) is 0 Å². The number of aromatic nitrogens is 2. The van der Waals surface area contributed by atoms with E-state index in [0.717, 1.165) is 24.3 Å². The minimum atomic E-state index is -4.20. The summed E-state index contributed by atoms with van der Waals surface area (Å²) in [4.78, 5) is 24.6. The molecule has 0 bridgehead atoms. The first-order chi connectivity index (χ1) is 16.2. The molecular weight excluding hydrogens is 475 g/mol. The number of para-hydroxylation sites is 1. The van der Waals surface area contributed by atoms with Gasteiger partial charge in [-0.15, -0.1) is 0 Å². The van der Waals surface area contributed by atoms with Crippen LogP contribution in [0.1, 0.15) is 18.7 Å². The number of aryl methyl sites for hydroxylation is 1. The van der Waals surface area contributed by atoms with Crippen LogP contribution >= 0.6 is 0 Å². The normalized spacial score (nSPS) is 11.3. The topological polar surface area (TPSA) is 175 Å². The fourth-order valence-corrected chi connectivity index (χ4v) is 4.09. The molecule has 0 aliphatic rings. The minimum absolute atomic E-state index is 0.0165. The highest BCUT2D eigenvalue weighted by atomic mass is 32.2. The molecule has 0 radical (unpaired) electrons. The SMILES string of the molecule is O=C(O)CCCc1nc(-c2ccc(F)cc2OCCNS(=O)(=O)c2ccccc2[N+](=O)[O-])no1. The zero-order valence-electron chi connectivity index (χ0n) is 17.5. The summed E-state index contributed by atoms with van der Waals surface area (Å²) < 4.78 is 51.5. The lowest BCUT2D eigenvalue weighted by atomic mass is 10.2. The summed E-state index contributed by atoms with van der Waals surface area (Å²) in [5.41, 5.74) is -0.296. The average molecular weight is 494 g/mol. The smallest absolute Gasteiger partial charge is 0.303 e. The van der Waals surface area contributed by atoms with E-state index >= 15 is 0 Å². The van der Waals surface area contributed by atoms with Gasteiger partial charge in [-0.25, -0.2) is 17.5 Å². The van der Waals surface area contributed by atoms with Crippen molar-refractivity contribution in [1.29, 1.82) is 0 Å². The molecule has 0 fully saturated rings. The number of halogens is 1. The molecule has 2 aromatic carbocycles. The van der Waals surface area contributed by atoms with Crippen LogP contribution in [0.15, 0.2) is 51.9 Å². The molecule has 0 amide bonds. The number of carboxylic acid groups (broad SMARTS) is 1. The van der Waals surface area contributed by atoms with Gasteiger partial charge >= 0.3 is 5.97 Å². The number of sulfonamides is 1. The lowest BCUT2D eigenvalue weighted by molar-refractivity contribution is -0.387. The summed E-state index contributed by atoms with van der Waals surface area (Å²) in [6, 6.07) is 8.46. The highest BCUT2D eigenvalue weighted by Gasteiger charge is 2.24. The van der Waals surface area contributed by atoms with Crippen molar-refractivity contribution in [3.63, 3.8) is 0 Å². The van der Waals surface area contributed by atoms with Gasteiger partial charge in [-0.05, 0) is 24.6 Å². The summed E-state index contributed by atoms with van der Waals surface area (Å²) in [6.45, 7) is -0.503. The number of nitro benzene ring substituents is 1. The summed E-state index contributed by atoms with van der Waals surface area (Å²) in [5, 5.41) is 23.6. The highest BCUT2D eigenvalue weighted by molar-refractivity contribution is 7.89. The van der Waals surface area contributed by atoms with Crippen LogP contribution in [0.2, 0.25) is 0 Å². The first kappa shape index (κ1) is 24.7. The number of aliphatic carboxylic acids is 1. The Labute approximate surface area is 192 Å². The van der Waals surface area contributed by atoms with Crippen molar-refractivity contribution >= 4 is 21.7 Å². The van der Waals surface area contributed by atoms with Gasteiger partial charge in [0, 0.05) is 31.5 Å². The molecule has 0 aliphatic heterocycles. The summed E-state index contributed by atoms with van der Waals surface area (Å²) in [6.07, 6.45) is 0.470. The number of nitrogens with zero attached hydrogens (tertiary/aromatic N) is 3. The molecule has 0 saturated heterocycles. The molecule has 2 N–H and O–H groups in total. The summed E-state index contributed by atoms with van der Waals surface area (Å²) in [7, 11) is -4.20. The fourth-order valence-electron chi connectivity index (χ4n) is 2.91. The third kappa shape index (κ3) is 6.32. The van der Waals surface area contributed by atoms with Crippen molar-refractivity contribution in [1.82, 2.24) is 14.9 Å². The van der Waals surface area contributed by atoms with Gasteiger partial charge in [0.05, 0.1) is 10.5 Å². The molecule has 14 heteroatoms. The molecule has 1 heterocycles. The number of ether oxygens (including phenoxy) is 1. The number of carbonyl (C=O) groups is 1. The molecule has 0 atom stereocenters. The van der Waals surface area contributed by atoms with Gasteiger partial charge < -0.3 is 14.4 Å². The number of hydrogen-bond acceptors (Lipinski definition) is 9. The van der Waals surface area contributed by atoms with Gasteiger partial charge in [0.2, 0.25) is 21.7 Å². The molecule has 1 aromatic heterocycles. The van der Waals surface area contributed by atoms with Gasteiger partial charge in [0.25, 0.3) is 5.69 Å². The Morgan fingerprint density at radius 1 is 1.26 bits per heavy atom. The summed E-state index contributed by atoms with van der Waals surface area (Å²) in [5.74, 6) is -1.27. The Bertz CT molecular complexity index is 1300. The predicted octanol–water partition coefficient (Wildman–Crippen LogP) is 2.55. The van der Waals surface area contributed by atoms with E-state index in [0.29, 0.717) is 6.42 Å². The lowest BCUT2D eigenvalue weighted by Crippen LogP contribution is -2.28. The molecule has 0 spiro atoms. The molecule has 0 saturated carbocycles. The second kappa shape index (κ2) is 10.8. The van der Waals surface area contributed by atoms with E-state index in [-0.39, 0.29) is 49.0 Å². The molecule has 180 valence electrons. The lowest BCUT2D eigenvalue weighted by Gasteiger charge is -2.11. The monoisotopic (exact) mass is 494 g/mol. The van der Waals surface area contributed by atoms with E-state index in [4.69, 9.17) is 14.4 Å². The standard InChI is InChI=1S/C20H19FN4O8S/c21-13-8-9-14(20-23-18(33-24-20)6-3-7-19(26)27)16(12-13)32-11-10-22-34(30,31)17-5-2-1-4-15(17)25(28)29/h1-2,4-5,8-9,12,22H,3,6-7,10-11H2,(H,26,27). The van der Waals surface area contributed by atoms with E-state index in [1.54, 1.807) is 0 Å². The van der Waals surface area contributed by atoms with E-state index in [9.17, 15) is 27.7 Å². The maximum absolute atomic E-state index is 13.8. The van der Waals surface area contributed by atoms with Crippen molar-refractivity contribution < 1.29 is 36.9 Å². The van der Waals surface area contributed by atoms with Crippen LogP contribution in [-0.2, 0) is 21.2 Å². The van der Waals surface area contributed by atoms with Crippen LogP contribution in [0.4, 0.5) is 10.1 Å². The van der Waals surface area contributed by atoms with Gasteiger partial charge in [-0.2, -0.15) is 4.98 Å². The van der Waals surface area contributed by atoms with Crippen LogP contribution < -0.4 is 9.46 Å². The zero-order valence-corrected chi connectivity index (χ0v) is 18.3. The van der Waals surface area contributed by atoms with Crippen LogP contribution in [-0.4, -0.2) is 47.7 Å². The molecular formula is C20H19FN4O8S. The van der Waals surface area contributed by atoms with Crippen LogP contribution in [0.25, 0.3) is 11.4 Å². The number of nitro groups is 1. The Kier molecular flexibility index (Phi) is 7.86. The van der Waals surface area contributed by atoms with Crippen molar-refractivity contribution in [3.8, 4) is 17.1 Å². The predicted molar refractivity (Wildman–Crippen MR) is 114 cm³/mol. The second-order valence-corrected chi connectivity index (χ2v) is 8.61. The van der Waals surface area contributed by atoms with Crippen molar-refractivity contribution in [2.24, 2.45) is 0 Å². The Morgan fingerprint density at radius 2 is 2.03 bits per heavy atom. The fraction of sp³-hybridized carbons (Fsp3) is 0.250. The van der Waals surface area contributed by atoms with E-state index in [1.165, 1.54) is 18.2 Å².